The van der Waals surface area contributed by atoms with E-state index in [0.717, 1.165) is 34.7 Å². The Morgan fingerprint density at radius 3 is 2.65 bits per heavy atom. The van der Waals surface area contributed by atoms with Gasteiger partial charge in [-0.25, -0.2) is 4.79 Å². The minimum absolute atomic E-state index is 0.0620. The number of nitrogens with zero attached hydrogens (tertiary/aromatic N) is 2. The Bertz CT molecular complexity index is 738. The highest BCUT2D eigenvalue weighted by atomic mass is 32.1. The lowest BCUT2D eigenvalue weighted by Gasteiger charge is -2.34. The number of aryl methyl sites for hydroxylation is 1. The molecule has 1 saturated heterocycles. The van der Waals surface area contributed by atoms with Crippen molar-refractivity contribution in [1.82, 2.24) is 4.90 Å². The van der Waals surface area contributed by atoms with Crippen LogP contribution in [-0.4, -0.2) is 43.2 Å². The monoisotopic (exact) mass is 373 g/mol. The first kappa shape index (κ1) is 18.7. The SMILES string of the molecule is Cc1ccc(N(C)C)cc1NC(=O)N1CCC([C@@H](O)c2cccs2)CC1. The van der Waals surface area contributed by atoms with Crippen LogP contribution in [0.3, 0.4) is 0 Å². The second-order valence-corrected chi connectivity index (χ2v) is 8.09. The average Bonchev–Trinajstić information content (AvgIpc) is 3.17. The highest BCUT2D eigenvalue weighted by Gasteiger charge is 2.28. The minimum atomic E-state index is -0.417. The lowest BCUT2D eigenvalue weighted by Crippen LogP contribution is -2.42. The smallest absolute Gasteiger partial charge is 0.321 e. The van der Waals surface area contributed by atoms with Crippen molar-refractivity contribution in [2.45, 2.75) is 25.9 Å². The first-order valence-electron chi connectivity index (χ1n) is 9.01. The van der Waals surface area contributed by atoms with Crippen molar-refractivity contribution >= 4 is 28.7 Å². The summed E-state index contributed by atoms with van der Waals surface area (Å²) in [7, 11) is 3.97. The fraction of sp³-hybridized carbons (Fsp3) is 0.450. The Balaban J connectivity index is 1.58. The second kappa shape index (κ2) is 8.10. The minimum Gasteiger partial charge on any atom is -0.387 e. The molecule has 1 aliphatic heterocycles. The number of hydrogen-bond donors (Lipinski definition) is 2. The lowest BCUT2D eigenvalue weighted by molar-refractivity contribution is 0.0708. The predicted molar refractivity (Wildman–Crippen MR) is 108 cm³/mol. The summed E-state index contributed by atoms with van der Waals surface area (Å²) in [5.74, 6) is 0.219. The van der Waals surface area contributed by atoms with Gasteiger partial charge in [-0.05, 0) is 54.8 Å². The molecule has 0 spiro atoms. The van der Waals surface area contributed by atoms with Gasteiger partial charge in [0, 0.05) is 43.4 Å². The van der Waals surface area contributed by atoms with E-state index < -0.39 is 6.10 Å². The Morgan fingerprint density at radius 2 is 2.04 bits per heavy atom. The van der Waals surface area contributed by atoms with Crippen LogP contribution in [0.4, 0.5) is 16.2 Å². The van der Waals surface area contributed by atoms with E-state index in [4.69, 9.17) is 0 Å². The second-order valence-electron chi connectivity index (χ2n) is 7.11. The van der Waals surface area contributed by atoms with Gasteiger partial charge in [0.1, 0.15) is 0 Å². The molecule has 26 heavy (non-hydrogen) atoms. The maximum absolute atomic E-state index is 12.6. The predicted octanol–water partition coefficient (Wildman–Crippen LogP) is 4.10. The zero-order valence-corrected chi connectivity index (χ0v) is 16.4. The van der Waals surface area contributed by atoms with E-state index in [1.54, 1.807) is 11.3 Å². The molecule has 2 N–H and O–H groups in total. The van der Waals surface area contributed by atoms with Crippen molar-refractivity contribution in [3.63, 3.8) is 0 Å². The first-order chi connectivity index (χ1) is 12.5. The molecule has 3 rings (SSSR count). The molecular weight excluding hydrogens is 346 g/mol. The number of thiophene rings is 1. The number of anilines is 2. The highest BCUT2D eigenvalue weighted by Crippen LogP contribution is 2.33. The van der Waals surface area contributed by atoms with Gasteiger partial charge in [-0.15, -0.1) is 11.3 Å². The standard InChI is InChI=1S/C20H27N3O2S/c1-14-6-7-16(22(2)3)13-17(14)21-20(25)23-10-8-15(9-11-23)19(24)18-5-4-12-26-18/h4-7,12-13,15,19,24H,8-11H2,1-3H3,(H,21,25)/t19-/m1/s1. The average molecular weight is 374 g/mol. The summed E-state index contributed by atoms with van der Waals surface area (Å²) in [5.41, 5.74) is 2.96. The van der Waals surface area contributed by atoms with Gasteiger partial charge in [0.25, 0.3) is 0 Å². The third-order valence-corrected chi connectivity index (χ3v) is 6.03. The maximum atomic E-state index is 12.6. The topological polar surface area (TPSA) is 55.8 Å². The van der Waals surface area contributed by atoms with Gasteiger partial charge in [-0.1, -0.05) is 12.1 Å². The zero-order valence-electron chi connectivity index (χ0n) is 15.6. The molecule has 2 amide bonds. The number of urea groups is 1. The lowest BCUT2D eigenvalue weighted by atomic mass is 9.90. The number of benzene rings is 1. The number of rotatable bonds is 4. The van der Waals surface area contributed by atoms with E-state index >= 15 is 0 Å². The number of likely N-dealkylation sites (tertiary alicyclic amines) is 1. The highest BCUT2D eigenvalue weighted by molar-refractivity contribution is 7.10. The van der Waals surface area contributed by atoms with Crippen LogP contribution in [0.25, 0.3) is 0 Å². The Hall–Kier alpha value is -2.05. The van der Waals surface area contributed by atoms with Gasteiger partial charge < -0.3 is 20.2 Å². The third-order valence-electron chi connectivity index (χ3n) is 5.09. The van der Waals surface area contributed by atoms with Crippen LogP contribution in [0, 0.1) is 12.8 Å². The molecule has 0 aliphatic carbocycles. The number of carbonyl (C=O) groups is 1. The number of carbonyl (C=O) groups excluding carboxylic acids is 1. The third kappa shape index (κ3) is 4.19. The van der Waals surface area contributed by atoms with Gasteiger partial charge in [-0.3, -0.25) is 0 Å². The van der Waals surface area contributed by atoms with Crippen molar-refractivity contribution < 1.29 is 9.90 Å². The van der Waals surface area contributed by atoms with Crippen LogP contribution in [-0.2, 0) is 0 Å². The number of aliphatic hydroxyl groups is 1. The first-order valence-corrected chi connectivity index (χ1v) is 9.89. The molecule has 1 aliphatic rings. The Morgan fingerprint density at radius 1 is 1.31 bits per heavy atom. The molecule has 140 valence electrons. The molecule has 1 atom stereocenters. The van der Waals surface area contributed by atoms with Crippen LogP contribution in [0.5, 0.6) is 0 Å². The molecule has 1 fully saturated rings. The summed E-state index contributed by atoms with van der Waals surface area (Å²) in [5, 5.41) is 15.5. The maximum Gasteiger partial charge on any atom is 0.321 e. The van der Waals surface area contributed by atoms with Crippen LogP contribution >= 0.6 is 11.3 Å². The van der Waals surface area contributed by atoms with Gasteiger partial charge in [-0.2, -0.15) is 0 Å². The van der Waals surface area contributed by atoms with Gasteiger partial charge >= 0.3 is 6.03 Å². The van der Waals surface area contributed by atoms with Gasteiger partial charge in [0.2, 0.25) is 0 Å². The molecule has 6 heteroatoms. The van der Waals surface area contributed by atoms with Crippen molar-refractivity contribution in [1.29, 1.82) is 0 Å². The van der Waals surface area contributed by atoms with Crippen molar-refractivity contribution in [2.24, 2.45) is 5.92 Å². The normalized spacial score (nSPS) is 16.4. The number of piperidine rings is 1. The summed E-state index contributed by atoms with van der Waals surface area (Å²) in [4.78, 5) is 17.5. The molecule has 0 unspecified atom stereocenters. The van der Waals surface area contributed by atoms with Crippen LogP contribution in [0.2, 0.25) is 0 Å². The van der Waals surface area contributed by atoms with E-state index in [2.05, 4.69) is 5.32 Å². The molecular formula is C20H27N3O2S. The molecule has 1 aromatic carbocycles. The van der Waals surface area contributed by atoms with Gasteiger partial charge in [0.15, 0.2) is 0 Å². The van der Waals surface area contributed by atoms with E-state index in [1.807, 2.05) is 66.5 Å². The molecule has 0 radical (unpaired) electrons. The zero-order chi connectivity index (χ0) is 18.7. The summed E-state index contributed by atoms with van der Waals surface area (Å²) >= 11 is 1.59. The number of aliphatic hydroxyl groups excluding tert-OH is 1. The quantitative estimate of drug-likeness (QED) is 0.848. The van der Waals surface area contributed by atoms with E-state index in [-0.39, 0.29) is 11.9 Å². The number of amides is 2. The summed E-state index contributed by atoms with van der Waals surface area (Å²) in [6.07, 6.45) is 1.23. The largest absolute Gasteiger partial charge is 0.387 e. The number of nitrogens with one attached hydrogen (secondary N) is 1. The van der Waals surface area contributed by atoms with Crippen LogP contribution in [0.15, 0.2) is 35.7 Å². The van der Waals surface area contributed by atoms with Crippen molar-refractivity contribution in [2.75, 3.05) is 37.4 Å². The Labute approximate surface area is 159 Å². The molecule has 0 bridgehead atoms. The summed E-state index contributed by atoms with van der Waals surface area (Å²) in [6.45, 7) is 3.34. The fourth-order valence-electron chi connectivity index (χ4n) is 3.33. The molecule has 1 aromatic heterocycles. The fourth-order valence-corrected chi connectivity index (χ4v) is 4.13. The molecule has 2 heterocycles. The molecule has 5 nitrogen and oxygen atoms in total. The van der Waals surface area contributed by atoms with Crippen molar-refractivity contribution in [3.8, 4) is 0 Å². The molecule has 0 saturated carbocycles. The summed E-state index contributed by atoms with van der Waals surface area (Å²) < 4.78 is 0. The van der Waals surface area contributed by atoms with Crippen LogP contribution < -0.4 is 10.2 Å². The van der Waals surface area contributed by atoms with E-state index in [1.165, 1.54) is 0 Å². The van der Waals surface area contributed by atoms with Gasteiger partial charge in [0.05, 0.1) is 6.10 Å². The molecule has 2 aromatic rings. The summed E-state index contributed by atoms with van der Waals surface area (Å²) in [6, 6.07) is 9.95. The Kier molecular flexibility index (Phi) is 5.84. The van der Waals surface area contributed by atoms with E-state index in [0.29, 0.717) is 13.1 Å². The van der Waals surface area contributed by atoms with Crippen molar-refractivity contribution in [3.05, 3.63) is 46.2 Å². The van der Waals surface area contributed by atoms with Crippen LogP contribution in [0.1, 0.15) is 29.4 Å². The van der Waals surface area contributed by atoms with E-state index in [9.17, 15) is 9.90 Å². The number of hydrogen-bond acceptors (Lipinski definition) is 4.